The summed E-state index contributed by atoms with van der Waals surface area (Å²) in [6, 6.07) is 13.8. The number of halogens is 1. The lowest BCUT2D eigenvalue weighted by Crippen LogP contribution is -2.39. The molecule has 0 bridgehead atoms. The van der Waals surface area contributed by atoms with E-state index in [0.29, 0.717) is 21.7 Å². The second kappa shape index (κ2) is 10.3. The highest BCUT2D eigenvalue weighted by molar-refractivity contribution is 6.30. The van der Waals surface area contributed by atoms with Gasteiger partial charge in [0.1, 0.15) is 5.60 Å². The van der Waals surface area contributed by atoms with E-state index in [1.165, 1.54) is 15.5 Å². The van der Waals surface area contributed by atoms with Gasteiger partial charge in [-0.25, -0.2) is 4.79 Å². The van der Waals surface area contributed by atoms with Gasteiger partial charge in [0.05, 0.1) is 12.1 Å². The van der Waals surface area contributed by atoms with E-state index < -0.39 is 11.7 Å². The van der Waals surface area contributed by atoms with Gasteiger partial charge in [-0.05, 0) is 71.0 Å². The summed E-state index contributed by atoms with van der Waals surface area (Å²) in [5.74, 6) is -0.472. The van der Waals surface area contributed by atoms with E-state index in [1.54, 1.807) is 36.5 Å². The van der Waals surface area contributed by atoms with Crippen molar-refractivity contribution in [1.29, 1.82) is 0 Å². The summed E-state index contributed by atoms with van der Waals surface area (Å²) in [6.07, 6.45) is 4.25. The Morgan fingerprint density at radius 1 is 1.06 bits per heavy atom. The molecule has 3 rings (SSSR count). The van der Waals surface area contributed by atoms with Crippen LogP contribution in [0.3, 0.4) is 0 Å². The zero-order valence-electron chi connectivity index (χ0n) is 20.0. The summed E-state index contributed by atoms with van der Waals surface area (Å²) in [5, 5.41) is 1.35. The van der Waals surface area contributed by atoms with Crippen LogP contribution in [0.4, 0.5) is 4.79 Å². The molecule has 0 radical (unpaired) electrons. The van der Waals surface area contributed by atoms with E-state index in [0.717, 1.165) is 5.39 Å². The molecule has 0 fully saturated rings. The number of hydrogen-bond acceptors (Lipinski definition) is 4. The topological polar surface area (TPSA) is 68.6 Å². The van der Waals surface area contributed by atoms with E-state index in [1.807, 2.05) is 58.9 Å². The number of nitrogens with zero attached hydrogens (tertiary/aromatic N) is 2. The Kier molecular flexibility index (Phi) is 7.62. The van der Waals surface area contributed by atoms with Gasteiger partial charge in [-0.2, -0.15) is 0 Å². The van der Waals surface area contributed by atoms with Crippen LogP contribution in [0, 0.1) is 0 Å². The number of hydrogen-bond donors (Lipinski definition) is 0. The quantitative estimate of drug-likeness (QED) is 0.310. The van der Waals surface area contributed by atoms with Crippen LogP contribution in [0.2, 0.25) is 5.02 Å². The summed E-state index contributed by atoms with van der Waals surface area (Å²) in [6.45, 7) is 9.08. The number of ketones is 1. The van der Waals surface area contributed by atoms with Crippen molar-refractivity contribution >= 4 is 46.4 Å². The standard InChI is InChI=1S/C27H29ClN2O4/c1-18(2)29(17-24(31)19-10-13-21(28)14-11-19)25(32)15-12-20-16-30(26(33)34-27(3,4)5)23-9-7-6-8-22(20)23/h6-16,18H,17H2,1-5H3/b15-12+. The fraction of sp³-hybridized carbons (Fsp3) is 0.296. The summed E-state index contributed by atoms with van der Waals surface area (Å²) in [4.78, 5) is 39.9. The second-order valence-electron chi connectivity index (χ2n) is 9.28. The van der Waals surface area contributed by atoms with Gasteiger partial charge in [0.15, 0.2) is 5.78 Å². The Labute approximate surface area is 204 Å². The van der Waals surface area contributed by atoms with Crippen molar-refractivity contribution in [3.8, 4) is 0 Å². The van der Waals surface area contributed by atoms with Crippen molar-refractivity contribution in [3.05, 3.63) is 77.0 Å². The molecular formula is C27H29ClN2O4. The number of rotatable bonds is 6. The molecule has 0 aliphatic heterocycles. The van der Waals surface area contributed by atoms with Gasteiger partial charge < -0.3 is 9.64 Å². The Balaban J connectivity index is 1.84. The monoisotopic (exact) mass is 480 g/mol. The molecule has 178 valence electrons. The molecule has 0 atom stereocenters. The lowest BCUT2D eigenvalue weighted by Gasteiger charge is -2.24. The van der Waals surface area contributed by atoms with Crippen molar-refractivity contribution in [3.63, 3.8) is 0 Å². The maximum atomic E-state index is 13.0. The number of fused-ring (bicyclic) bond motifs is 1. The smallest absolute Gasteiger partial charge is 0.419 e. The molecule has 0 aliphatic carbocycles. The van der Waals surface area contributed by atoms with Crippen LogP contribution < -0.4 is 0 Å². The van der Waals surface area contributed by atoms with E-state index in [9.17, 15) is 14.4 Å². The number of amides is 1. The molecule has 1 amide bonds. The SMILES string of the molecule is CC(C)N(CC(=O)c1ccc(Cl)cc1)C(=O)/C=C/c1cn(C(=O)OC(C)(C)C)c2ccccc12. The second-order valence-corrected chi connectivity index (χ2v) is 9.71. The average molecular weight is 481 g/mol. The molecule has 1 heterocycles. The van der Waals surface area contributed by atoms with Gasteiger partial charge in [-0.15, -0.1) is 0 Å². The predicted octanol–water partition coefficient (Wildman–Crippen LogP) is 6.21. The largest absolute Gasteiger partial charge is 0.443 e. The zero-order chi connectivity index (χ0) is 25.0. The molecule has 0 saturated carbocycles. The van der Waals surface area contributed by atoms with E-state index in [2.05, 4.69) is 0 Å². The molecule has 0 spiro atoms. The Morgan fingerprint density at radius 2 is 1.71 bits per heavy atom. The number of benzene rings is 2. The van der Waals surface area contributed by atoms with Crippen molar-refractivity contribution in [2.75, 3.05) is 6.54 Å². The third-order valence-corrected chi connectivity index (χ3v) is 5.38. The van der Waals surface area contributed by atoms with E-state index in [-0.39, 0.29) is 24.3 Å². The first-order chi connectivity index (χ1) is 16.0. The van der Waals surface area contributed by atoms with Crippen LogP contribution in [0.5, 0.6) is 0 Å². The van der Waals surface area contributed by atoms with Gasteiger partial charge in [-0.1, -0.05) is 29.8 Å². The first kappa shape index (κ1) is 25.2. The van der Waals surface area contributed by atoms with Crippen LogP contribution in [0.15, 0.2) is 60.8 Å². The number of ether oxygens (including phenoxy) is 1. The minimum atomic E-state index is -0.636. The number of aromatic nitrogens is 1. The zero-order valence-corrected chi connectivity index (χ0v) is 20.8. The summed E-state index contributed by atoms with van der Waals surface area (Å²) in [5.41, 5.74) is 1.24. The molecule has 0 saturated heterocycles. The molecule has 34 heavy (non-hydrogen) atoms. The molecule has 0 aliphatic rings. The summed E-state index contributed by atoms with van der Waals surface area (Å²) in [7, 11) is 0. The maximum Gasteiger partial charge on any atom is 0.419 e. The Morgan fingerprint density at radius 3 is 2.32 bits per heavy atom. The minimum Gasteiger partial charge on any atom is -0.443 e. The van der Waals surface area contributed by atoms with Crippen molar-refractivity contribution in [2.24, 2.45) is 0 Å². The maximum absolute atomic E-state index is 13.0. The van der Waals surface area contributed by atoms with E-state index in [4.69, 9.17) is 16.3 Å². The molecule has 0 N–H and O–H groups in total. The van der Waals surface area contributed by atoms with Crippen molar-refractivity contribution in [2.45, 2.75) is 46.3 Å². The van der Waals surface area contributed by atoms with Gasteiger partial charge in [0.25, 0.3) is 0 Å². The van der Waals surface area contributed by atoms with E-state index >= 15 is 0 Å². The van der Waals surface area contributed by atoms with Gasteiger partial charge in [-0.3, -0.25) is 14.2 Å². The Bertz CT molecular complexity index is 1230. The van der Waals surface area contributed by atoms with Crippen molar-refractivity contribution < 1.29 is 19.1 Å². The average Bonchev–Trinajstić information content (AvgIpc) is 3.14. The van der Waals surface area contributed by atoms with Crippen LogP contribution >= 0.6 is 11.6 Å². The number of para-hydroxylation sites is 1. The van der Waals surface area contributed by atoms with Gasteiger partial charge >= 0.3 is 6.09 Å². The molecule has 0 unspecified atom stereocenters. The molecule has 2 aromatic carbocycles. The first-order valence-corrected chi connectivity index (χ1v) is 11.4. The number of carbonyl (C=O) groups is 3. The number of Topliss-reactive ketones (excluding diaryl/α,β-unsaturated/α-hetero) is 1. The highest BCUT2D eigenvalue weighted by Crippen LogP contribution is 2.24. The molecule has 1 aromatic heterocycles. The molecule has 7 heteroatoms. The van der Waals surface area contributed by atoms with Gasteiger partial charge in [0, 0.05) is 39.9 Å². The minimum absolute atomic E-state index is 0.0534. The molecule has 6 nitrogen and oxygen atoms in total. The molecule has 3 aromatic rings. The van der Waals surface area contributed by atoms with Crippen molar-refractivity contribution in [1.82, 2.24) is 9.47 Å². The fourth-order valence-electron chi connectivity index (χ4n) is 3.45. The van der Waals surface area contributed by atoms with Crippen LogP contribution in [-0.2, 0) is 9.53 Å². The predicted molar refractivity (Wildman–Crippen MR) is 135 cm³/mol. The lowest BCUT2D eigenvalue weighted by molar-refractivity contribution is -0.127. The molecular weight excluding hydrogens is 452 g/mol. The third-order valence-electron chi connectivity index (χ3n) is 5.13. The third kappa shape index (κ3) is 6.14. The fourth-order valence-corrected chi connectivity index (χ4v) is 3.58. The highest BCUT2D eigenvalue weighted by atomic mass is 35.5. The normalized spacial score (nSPS) is 11.9. The van der Waals surface area contributed by atoms with Crippen LogP contribution in [0.25, 0.3) is 17.0 Å². The summed E-state index contributed by atoms with van der Waals surface area (Å²) < 4.78 is 6.95. The first-order valence-electron chi connectivity index (χ1n) is 11.1. The summed E-state index contributed by atoms with van der Waals surface area (Å²) >= 11 is 5.90. The highest BCUT2D eigenvalue weighted by Gasteiger charge is 2.21. The van der Waals surface area contributed by atoms with Gasteiger partial charge in [0.2, 0.25) is 5.91 Å². The lowest BCUT2D eigenvalue weighted by atomic mass is 10.1. The van der Waals surface area contributed by atoms with Crippen LogP contribution in [0.1, 0.15) is 50.5 Å². The number of carbonyl (C=O) groups excluding carboxylic acids is 3. The van der Waals surface area contributed by atoms with Crippen LogP contribution in [-0.4, -0.2) is 45.4 Å². The Hall–Kier alpha value is -3.38.